The van der Waals surface area contributed by atoms with Crippen molar-refractivity contribution in [2.24, 2.45) is 0 Å². The first-order valence-corrected chi connectivity index (χ1v) is 9.13. The third-order valence-corrected chi connectivity index (χ3v) is 4.87. The Morgan fingerprint density at radius 1 is 1.04 bits per heavy atom. The zero-order chi connectivity index (χ0) is 20.1. The highest BCUT2D eigenvalue weighted by Gasteiger charge is 2.26. The van der Waals surface area contributed by atoms with Gasteiger partial charge in [-0.1, -0.05) is 12.1 Å². The van der Waals surface area contributed by atoms with E-state index < -0.39 is 0 Å². The lowest BCUT2D eigenvalue weighted by Crippen LogP contribution is -2.46. The zero-order valence-corrected chi connectivity index (χ0v) is 16.0. The fraction of sp³-hybridized carbons (Fsp3) is 0.333. The van der Waals surface area contributed by atoms with E-state index in [0.29, 0.717) is 48.6 Å². The molecule has 3 rings (SSSR count). The van der Waals surface area contributed by atoms with E-state index in [2.05, 4.69) is 5.32 Å². The van der Waals surface area contributed by atoms with Crippen LogP contribution in [0.5, 0.6) is 17.2 Å². The quantitative estimate of drug-likeness (QED) is 0.827. The van der Waals surface area contributed by atoms with Crippen LogP contribution in [0, 0.1) is 0 Å². The Hall–Kier alpha value is -3.22. The van der Waals surface area contributed by atoms with Crippen LogP contribution in [0.2, 0.25) is 0 Å². The van der Waals surface area contributed by atoms with Gasteiger partial charge >= 0.3 is 0 Å². The molecule has 28 heavy (non-hydrogen) atoms. The van der Waals surface area contributed by atoms with Crippen molar-refractivity contribution in [2.45, 2.75) is 18.9 Å². The Morgan fingerprint density at radius 3 is 2.21 bits per heavy atom. The molecule has 1 heterocycles. The summed E-state index contributed by atoms with van der Waals surface area (Å²) in [5, 5.41) is 12.9. The minimum atomic E-state index is -0.206. The summed E-state index contributed by atoms with van der Waals surface area (Å²) in [6.07, 6.45) is 1.29. The van der Waals surface area contributed by atoms with Crippen LogP contribution in [0.1, 0.15) is 33.6 Å². The summed E-state index contributed by atoms with van der Waals surface area (Å²) in [6, 6.07) is 11.5. The van der Waals surface area contributed by atoms with Crippen LogP contribution in [0.15, 0.2) is 42.5 Å². The van der Waals surface area contributed by atoms with Crippen LogP contribution in [-0.2, 0) is 0 Å². The van der Waals surface area contributed by atoms with E-state index in [1.165, 1.54) is 20.3 Å². The van der Waals surface area contributed by atoms with Crippen molar-refractivity contribution in [3.63, 3.8) is 0 Å². The predicted octanol–water partition coefficient (Wildman–Crippen LogP) is 2.44. The molecule has 148 valence electrons. The van der Waals surface area contributed by atoms with Crippen molar-refractivity contribution >= 4 is 11.8 Å². The molecule has 2 amide bonds. The van der Waals surface area contributed by atoms with Gasteiger partial charge in [0.15, 0.2) is 0 Å². The maximum absolute atomic E-state index is 12.6. The van der Waals surface area contributed by atoms with E-state index in [1.807, 2.05) is 0 Å². The minimum absolute atomic E-state index is 0.0186. The highest BCUT2D eigenvalue weighted by Crippen LogP contribution is 2.24. The van der Waals surface area contributed by atoms with Crippen molar-refractivity contribution in [2.75, 3.05) is 27.3 Å². The number of aromatic hydroxyl groups is 1. The van der Waals surface area contributed by atoms with Crippen LogP contribution >= 0.6 is 0 Å². The van der Waals surface area contributed by atoms with E-state index in [4.69, 9.17) is 9.47 Å². The van der Waals surface area contributed by atoms with E-state index in [9.17, 15) is 14.7 Å². The Labute approximate surface area is 163 Å². The van der Waals surface area contributed by atoms with E-state index in [-0.39, 0.29) is 23.6 Å². The normalized spacial score (nSPS) is 14.4. The molecule has 0 unspecified atom stereocenters. The Morgan fingerprint density at radius 2 is 1.64 bits per heavy atom. The Kier molecular flexibility index (Phi) is 6.03. The molecule has 0 aromatic heterocycles. The first-order valence-electron chi connectivity index (χ1n) is 9.13. The van der Waals surface area contributed by atoms with Gasteiger partial charge in [-0.2, -0.15) is 0 Å². The molecule has 0 aliphatic carbocycles. The second-order valence-electron chi connectivity index (χ2n) is 6.66. The molecule has 2 aromatic rings. The van der Waals surface area contributed by atoms with Crippen molar-refractivity contribution in [1.29, 1.82) is 0 Å². The third-order valence-electron chi connectivity index (χ3n) is 4.87. The number of hydrogen-bond donors (Lipinski definition) is 2. The minimum Gasteiger partial charge on any atom is -0.507 e. The number of carbonyl (C=O) groups is 2. The molecule has 7 heteroatoms. The number of hydrogen-bond acceptors (Lipinski definition) is 5. The number of phenolic OH excluding ortho intramolecular Hbond substituents is 1. The first-order chi connectivity index (χ1) is 13.5. The van der Waals surface area contributed by atoms with Crippen molar-refractivity contribution in [3.8, 4) is 17.2 Å². The summed E-state index contributed by atoms with van der Waals surface area (Å²) < 4.78 is 10.4. The molecule has 0 bridgehead atoms. The van der Waals surface area contributed by atoms with Gasteiger partial charge < -0.3 is 24.8 Å². The van der Waals surface area contributed by atoms with Crippen molar-refractivity contribution in [1.82, 2.24) is 10.2 Å². The fourth-order valence-corrected chi connectivity index (χ4v) is 3.26. The molecular weight excluding hydrogens is 360 g/mol. The molecule has 2 N–H and O–H groups in total. The highest BCUT2D eigenvalue weighted by molar-refractivity contribution is 5.97. The van der Waals surface area contributed by atoms with Gasteiger partial charge in [-0.15, -0.1) is 0 Å². The smallest absolute Gasteiger partial charge is 0.257 e. The van der Waals surface area contributed by atoms with Gasteiger partial charge in [0.05, 0.1) is 19.8 Å². The number of para-hydroxylation sites is 1. The van der Waals surface area contributed by atoms with E-state index >= 15 is 0 Å². The van der Waals surface area contributed by atoms with Gasteiger partial charge in [0.25, 0.3) is 11.8 Å². The largest absolute Gasteiger partial charge is 0.507 e. The molecule has 1 aliphatic heterocycles. The number of phenols is 1. The number of amides is 2. The summed E-state index contributed by atoms with van der Waals surface area (Å²) in [4.78, 5) is 26.9. The number of nitrogens with zero attached hydrogens (tertiary/aromatic N) is 1. The van der Waals surface area contributed by atoms with Crippen molar-refractivity contribution in [3.05, 3.63) is 53.6 Å². The predicted molar refractivity (Wildman–Crippen MR) is 104 cm³/mol. The monoisotopic (exact) mass is 384 g/mol. The van der Waals surface area contributed by atoms with Crippen LogP contribution in [0.4, 0.5) is 0 Å². The molecule has 0 spiro atoms. The first kappa shape index (κ1) is 19.5. The summed E-state index contributed by atoms with van der Waals surface area (Å²) >= 11 is 0. The van der Waals surface area contributed by atoms with Crippen LogP contribution in [0.25, 0.3) is 0 Å². The number of piperidine rings is 1. The van der Waals surface area contributed by atoms with Gasteiger partial charge in [0.2, 0.25) is 0 Å². The van der Waals surface area contributed by atoms with Crippen molar-refractivity contribution < 1.29 is 24.2 Å². The molecule has 0 atom stereocenters. The topological polar surface area (TPSA) is 88.1 Å². The van der Waals surface area contributed by atoms with Gasteiger partial charge in [-0.3, -0.25) is 9.59 Å². The number of carbonyl (C=O) groups excluding carboxylic acids is 2. The lowest BCUT2D eigenvalue weighted by molar-refractivity contribution is 0.0695. The van der Waals surface area contributed by atoms with Gasteiger partial charge in [-0.05, 0) is 37.1 Å². The molecule has 1 fully saturated rings. The van der Waals surface area contributed by atoms with Gasteiger partial charge in [0, 0.05) is 30.8 Å². The zero-order valence-electron chi connectivity index (χ0n) is 16.0. The molecule has 0 saturated carbocycles. The molecule has 1 saturated heterocycles. The average Bonchev–Trinajstić information content (AvgIpc) is 2.73. The highest BCUT2D eigenvalue weighted by atomic mass is 16.5. The Bertz CT molecular complexity index is 837. The average molecular weight is 384 g/mol. The number of ether oxygens (including phenoxy) is 2. The van der Waals surface area contributed by atoms with Crippen LogP contribution in [-0.4, -0.2) is 55.2 Å². The number of nitrogens with one attached hydrogen (secondary N) is 1. The lowest BCUT2D eigenvalue weighted by Gasteiger charge is -2.32. The number of rotatable bonds is 5. The molecule has 2 aromatic carbocycles. The summed E-state index contributed by atoms with van der Waals surface area (Å²) in [5.74, 6) is 0.679. The summed E-state index contributed by atoms with van der Waals surface area (Å²) in [7, 11) is 3.07. The molecular formula is C21H24N2O5. The molecule has 7 nitrogen and oxygen atoms in total. The fourth-order valence-electron chi connectivity index (χ4n) is 3.26. The SMILES string of the molecule is COc1cc(OC)cc(C(=O)NC2CCN(C(=O)c3ccccc3O)CC2)c1. The molecule has 1 aliphatic rings. The summed E-state index contributed by atoms with van der Waals surface area (Å²) in [6.45, 7) is 1.03. The summed E-state index contributed by atoms with van der Waals surface area (Å²) in [5.41, 5.74) is 0.761. The van der Waals surface area contributed by atoms with Gasteiger partial charge in [-0.25, -0.2) is 0 Å². The molecule has 0 radical (unpaired) electrons. The number of benzene rings is 2. The number of likely N-dealkylation sites (tertiary alicyclic amines) is 1. The van der Waals surface area contributed by atoms with Gasteiger partial charge in [0.1, 0.15) is 17.2 Å². The Balaban J connectivity index is 1.59. The third kappa shape index (κ3) is 4.36. The van der Waals surface area contributed by atoms with E-state index in [0.717, 1.165) is 0 Å². The lowest BCUT2D eigenvalue weighted by atomic mass is 10.0. The van der Waals surface area contributed by atoms with E-state index in [1.54, 1.807) is 41.3 Å². The standard InChI is InChI=1S/C21H24N2O5/c1-27-16-11-14(12-17(13-16)28-2)20(25)22-15-7-9-23(10-8-15)21(26)18-5-3-4-6-19(18)24/h3-6,11-13,15,24H,7-10H2,1-2H3,(H,22,25). The second kappa shape index (κ2) is 8.65. The second-order valence-corrected chi connectivity index (χ2v) is 6.66. The van der Waals surface area contributed by atoms with Crippen LogP contribution in [0.3, 0.4) is 0 Å². The van der Waals surface area contributed by atoms with Crippen LogP contribution < -0.4 is 14.8 Å². The maximum atomic E-state index is 12.6. The maximum Gasteiger partial charge on any atom is 0.257 e. The number of methoxy groups -OCH3 is 2.